The number of hydrogen-bond acceptors (Lipinski definition) is 8. The van der Waals surface area contributed by atoms with Gasteiger partial charge in [0.05, 0.1) is 22.3 Å². The molecule has 8 amide bonds. The van der Waals surface area contributed by atoms with Gasteiger partial charge in [0.25, 0.3) is 23.6 Å². The quantitative estimate of drug-likeness (QED) is 0.517. The van der Waals surface area contributed by atoms with E-state index in [0.29, 0.717) is 35.1 Å². The standard InChI is InChI=1S/2C15H14N2O4/c2*1-2-8-4-3-5-9-12(8)15(21)17(14(9)20)10-6-7-11(18)16-13(10)19/h2*3-5,10H,2,6-7H2,1H3,(H,16,18,19). The maximum atomic E-state index is 12.6. The number of piperidine rings is 2. The SMILES string of the molecule is CCc1cccc2c1C(=O)N(C1CCC(=O)NC1=O)C2=O.CCc1cccc2c1C(=O)N(C1CCC(=O)NC1=O)C2=O. The Labute approximate surface area is 240 Å². The van der Waals surface area contributed by atoms with Crippen molar-refractivity contribution < 1.29 is 38.4 Å². The summed E-state index contributed by atoms with van der Waals surface area (Å²) in [6.45, 7) is 3.81. The molecule has 2 aromatic rings. The smallest absolute Gasteiger partial charge is 0.262 e. The van der Waals surface area contributed by atoms with Crippen molar-refractivity contribution >= 4 is 47.3 Å². The zero-order chi connectivity index (χ0) is 30.3. The van der Waals surface area contributed by atoms with Crippen LogP contribution < -0.4 is 10.6 Å². The van der Waals surface area contributed by atoms with Crippen LogP contribution in [-0.2, 0) is 32.0 Å². The first-order valence-corrected chi connectivity index (χ1v) is 13.8. The molecule has 4 aliphatic heterocycles. The second-order valence-corrected chi connectivity index (χ2v) is 10.3. The molecule has 2 unspecified atom stereocenters. The van der Waals surface area contributed by atoms with Gasteiger partial charge in [0.1, 0.15) is 12.1 Å². The number of carbonyl (C=O) groups excluding carboxylic acids is 8. The predicted octanol–water partition coefficient (Wildman–Crippen LogP) is 1.30. The second-order valence-electron chi connectivity index (χ2n) is 10.3. The van der Waals surface area contributed by atoms with Crippen molar-refractivity contribution in [3.05, 3.63) is 69.8 Å². The molecule has 216 valence electrons. The van der Waals surface area contributed by atoms with Gasteiger partial charge in [0, 0.05) is 12.8 Å². The van der Waals surface area contributed by atoms with Gasteiger partial charge in [-0.25, -0.2) is 0 Å². The number of nitrogens with one attached hydrogen (secondary N) is 2. The van der Waals surface area contributed by atoms with Crippen LogP contribution in [0.4, 0.5) is 0 Å². The molecule has 0 spiro atoms. The van der Waals surface area contributed by atoms with E-state index in [4.69, 9.17) is 0 Å². The molecule has 2 aromatic carbocycles. The maximum Gasteiger partial charge on any atom is 0.262 e. The number of hydrogen-bond donors (Lipinski definition) is 2. The summed E-state index contributed by atoms with van der Waals surface area (Å²) < 4.78 is 0. The monoisotopic (exact) mass is 572 g/mol. The highest BCUT2D eigenvalue weighted by molar-refractivity contribution is 6.25. The Balaban J connectivity index is 0.000000168. The van der Waals surface area contributed by atoms with Crippen molar-refractivity contribution in [3.63, 3.8) is 0 Å². The van der Waals surface area contributed by atoms with Crippen molar-refractivity contribution in [2.45, 2.75) is 64.5 Å². The molecule has 42 heavy (non-hydrogen) atoms. The number of aryl methyl sites for hydroxylation is 2. The topological polar surface area (TPSA) is 167 Å². The lowest BCUT2D eigenvalue weighted by atomic mass is 10.0. The molecule has 0 bridgehead atoms. The molecule has 4 heterocycles. The molecule has 12 heteroatoms. The fourth-order valence-electron chi connectivity index (χ4n) is 5.76. The van der Waals surface area contributed by atoms with E-state index in [2.05, 4.69) is 10.6 Å². The minimum Gasteiger partial charge on any atom is -0.295 e. The van der Waals surface area contributed by atoms with Gasteiger partial charge in [-0.1, -0.05) is 38.1 Å². The van der Waals surface area contributed by atoms with Crippen LogP contribution in [0.2, 0.25) is 0 Å². The first-order chi connectivity index (χ1) is 20.1. The van der Waals surface area contributed by atoms with Crippen LogP contribution in [-0.4, -0.2) is 69.1 Å². The van der Waals surface area contributed by atoms with E-state index < -0.39 is 47.5 Å². The Bertz CT molecular complexity index is 1480. The van der Waals surface area contributed by atoms with Crippen LogP contribution in [0.25, 0.3) is 0 Å². The van der Waals surface area contributed by atoms with E-state index in [1.165, 1.54) is 0 Å². The highest BCUT2D eigenvalue weighted by Crippen LogP contribution is 2.31. The van der Waals surface area contributed by atoms with E-state index in [-0.39, 0.29) is 37.5 Å². The highest BCUT2D eigenvalue weighted by Gasteiger charge is 2.46. The third-order valence-corrected chi connectivity index (χ3v) is 7.87. The molecule has 4 aliphatic rings. The minimum atomic E-state index is -0.903. The molecule has 6 rings (SSSR count). The second kappa shape index (κ2) is 11.1. The van der Waals surface area contributed by atoms with Gasteiger partial charge in [-0.05, 0) is 48.9 Å². The predicted molar refractivity (Wildman–Crippen MR) is 145 cm³/mol. The number of imide groups is 4. The summed E-state index contributed by atoms with van der Waals surface area (Å²) in [5.74, 6) is -3.72. The summed E-state index contributed by atoms with van der Waals surface area (Å²) in [7, 11) is 0. The lowest BCUT2D eigenvalue weighted by Gasteiger charge is -2.27. The van der Waals surface area contributed by atoms with Crippen molar-refractivity contribution in [2.24, 2.45) is 0 Å². The molecule has 12 nitrogen and oxygen atoms in total. The van der Waals surface area contributed by atoms with Crippen LogP contribution >= 0.6 is 0 Å². The Morgan fingerprint density at radius 2 is 0.976 bits per heavy atom. The average molecular weight is 573 g/mol. The van der Waals surface area contributed by atoms with E-state index in [9.17, 15) is 38.4 Å². The number of benzene rings is 2. The summed E-state index contributed by atoms with van der Waals surface area (Å²) in [5.41, 5.74) is 3.03. The Morgan fingerprint density at radius 1 is 0.595 bits per heavy atom. The number of carbonyl (C=O) groups is 8. The molecular formula is C30H28N4O8. The van der Waals surface area contributed by atoms with Crippen LogP contribution in [0.5, 0.6) is 0 Å². The van der Waals surface area contributed by atoms with Gasteiger partial charge in [-0.3, -0.25) is 58.8 Å². The molecule has 0 aliphatic carbocycles. The van der Waals surface area contributed by atoms with E-state index in [0.717, 1.165) is 20.9 Å². The third-order valence-electron chi connectivity index (χ3n) is 7.87. The number of rotatable bonds is 4. The highest BCUT2D eigenvalue weighted by atomic mass is 16.2. The van der Waals surface area contributed by atoms with E-state index >= 15 is 0 Å². The van der Waals surface area contributed by atoms with Crippen molar-refractivity contribution in [2.75, 3.05) is 0 Å². The molecule has 0 saturated carbocycles. The van der Waals surface area contributed by atoms with E-state index in [1.54, 1.807) is 36.4 Å². The summed E-state index contributed by atoms with van der Waals surface area (Å²) in [6, 6.07) is 8.46. The lowest BCUT2D eigenvalue weighted by molar-refractivity contribution is -0.137. The van der Waals surface area contributed by atoms with Gasteiger partial charge in [-0.2, -0.15) is 0 Å². The normalized spacial score (nSPS) is 21.6. The first kappa shape index (κ1) is 28.5. The van der Waals surface area contributed by atoms with Gasteiger partial charge < -0.3 is 0 Å². The maximum absolute atomic E-state index is 12.6. The lowest BCUT2D eigenvalue weighted by Crippen LogP contribution is -2.54. The van der Waals surface area contributed by atoms with Gasteiger partial charge >= 0.3 is 0 Å². The summed E-state index contributed by atoms with van der Waals surface area (Å²) >= 11 is 0. The number of amides is 8. The fraction of sp³-hybridized carbons (Fsp3) is 0.333. The average Bonchev–Trinajstić information content (AvgIpc) is 3.38. The molecule has 2 atom stereocenters. The van der Waals surface area contributed by atoms with Crippen LogP contribution in [0.15, 0.2) is 36.4 Å². The molecule has 0 radical (unpaired) electrons. The van der Waals surface area contributed by atoms with Crippen molar-refractivity contribution in [1.29, 1.82) is 0 Å². The van der Waals surface area contributed by atoms with E-state index in [1.807, 2.05) is 13.8 Å². The van der Waals surface area contributed by atoms with Gasteiger partial charge in [-0.15, -0.1) is 0 Å². The van der Waals surface area contributed by atoms with Crippen LogP contribution in [0.1, 0.15) is 92.1 Å². The van der Waals surface area contributed by atoms with Crippen molar-refractivity contribution in [3.8, 4) is 0 Å². The van der Waals surface area contributed by atoms with Gasteiger partial charge in [0.15, 0.2) is 0 Å². The minimum absolute atomic E-state index is 0.129. The van der Waals surface area contributed by atoms with Crippen LogP contribution in [0.3, 0.4) is 0 Å². The molecular weight excluding hydrogens is 544 g/mol. The Kier molecular flexibility index (Phi) is 7.55. The summed E-state index contributed by atoms with van der Waals surface area (Å²) in [5, 5.41) is 4.36. The molecule has 2 N–H and O–H groups in total. The number of nitrogens with zero attached hydrogens (tertiary/aromatic N) is 2. The van der Waals surface area contributed by atoms with Crippen LogP contribution in [0, 0.1) is 0 Å². The summed E-state index contributed by atoms with van der Waals surface area (Å²) in [6.07, 6.45) is 1.88. The molecule has 2 fully saturated rings. The largest absolute Gasteiger partial charge is 0.295 e. The zero-order valence-electron chi connectivity index (χ0n) is 23.0. The first-order valence-electron chi connectivity index (χ1n) is 13.8. The molecule has 2 saturated heterocycles. The van der Waals surface area contributed by atoms with Crippen molar-refractivity contribution in [1.82, 2.24) is 20.4 Å². The third kappa shape index (κ3) is 4.68. The number of fused-ring (bicyclic) bond motifs is 2. The fourth-order valence-corrected chi connectivity index (χ4v) is 5.76. The zero-order valence-corrected chi connectivity index (χ0v) is 23.0. The Morgan fingerprint density at radius 3 is 1.31 bits per heavy atom. The van der Waals surface area contributed by atoms with Gasteiger partial charge in [0.2, 0.25) is 23.6 Å². The summed E-state index contributed by atoms with van der Waals surface area (Å²) in [4.78, 5) is 98.2. The Hall–Kier alpha value is -5.00. The molecule has 0 aromatic heterocycles.